The van der Waals surface area contributed by atoms with E-state index in [1.807, 2.05) is 0 Å². The zero-order chi connectivity index (χ0) is 13.2. The van der Waals surface area contributed by atoms with E-state index in [1.54, 1.807) is 0 Å². The highest BCUT2D eigenvalue weighted by atomic mass is 14.7. The minimum Gasteiger partial charge on any atom is -0.355 e. The number of rotatable bonds is 4. The van der Waals surface area contributed by atoms with E-state index in [0.29, 0.717) is 0 Å². The van der Waals surface area contributed by atoms with Crippen LogP contribution in [0.2, 0.25) is 0 Å². The van der Waals surface area contributed by atoms with Crippen molar-refractivity contribution in [2.75, 3.05) is 0 Å². The van der Waals surface area contributed by atoms with Gasteiger partial charge in [-0.05, 0) is 48.2 Å². The molecule has 19 heavy (non-hydrogen) atoms. The fraction of sp³-hybridized carbons (Fsp3) is 0.333. The second-order valence-corrected chi connectivity index (χ2v) is 5.38. The number of aromatic nitrogens is 1. The Bertz CT molecular complexity index is 646. The lowest BCUT2D eigenvalue weighted by Crippen LogP contribution is -1.83. The van der Waals surface area contributed by atoms with Crippen molar-refractivity contribution in [2.45, 2.75) is 39.5 Å². The molecule has 1 heteroatoms. The van der Waals surface area contributed by atoms with Gasteiger partial charge in [-0.1, -0.05) is 38.8 Å². The smallest absolute Gasteiger partial charge is 0.0465 e. The molecule has 0 amide bonds. The maximum Gasteiger partial charge on any atom is 0.0465 e. The molecule has 0 saturated carbocycles. The lowest BCUT2D eigenvalue weighted by atomic mass is 10.0. The lowest BCUT2D eigenvalue weighted by Gasteiger charge is -2.00. The summed E-state index contributed by atoms with van der Waals surface area (Å²) in [5, 5.41) is 2.75. The first-order valence-corrected chi connectivity index (χ1v) is 7.35. The van der Waals surface area contributed by atoms with Crippen LogP contribution in [-0.2, 0) is 12.8 Å². The predicted octanol–water partition coefficient (Wildman–Crippen LogP) is 5.23. The number of aryl methyl sites for hydroxylation is 2. The molecule has 0 unspecified atom stereocenters. The highest BCUT2D eigenvalue weighted by Gasteiger charge is 2.05. The summed E-state index contributed by atoms with van der Waals surface area (Å²) in [5.41, 5.74) is 5.39. The number of aromatic amines is 1. The minimum atomic E-state index is 1.16. The van der Waals surface area contributed by atoms with Crippen LogP contribution in [0.5, 0.6) is 0 Å². The van der Waals surface area contributed by atoms with E-state index < -0.39 is 0 Å². The van der Waals surface area contributed by atoms with E-state index in [2.05, 4.69) is 55.2 Å². The van der Waals surface area contributed by atoms with Crippen molar-refractivity contribution in [1.82, 2.24) is 4.98 Å². The van der Waals surface area contributed by atoms with Crippen LogP contribution in [0.4, 0.5) is 0 Å². The zero-order valence-corrected chi connectivity index (χ0v) is 11.8. The topological polar surface area (TPSA) is 15.8 Å². The van der Waals surface area contributed by atoms with Crippen LogP contribution < -0.4 is 0 Å². The zero-order valence-electron chi connectivity index (χ0n) is 11.8. The SMILES string of the molecule is CCCc1ccc2[nH]c3ccc(CCC)cc3c2c1. The van der Waals surface area contributed by atoms with Gasteiger partial charge in [0.1, 0.15) is 0 Å². The van der Waals surface area contributed by atoms with Crippen molar-refractivity contribution in [3.63, 3.8) is 0 Å². The summed E-state index contributed by atoms with van der Waals surface area (Å²) in [4.78, 5) is 3.52. The van der Waals surface area contributed by atoms with Gasteiger partial charge >= 0.3 is 0 Å². The van der Waals surface area contributed by atoms with E-state index in [4.69, 9.17) is 0 Å². The van der Waals surface area contributed by atoms with Gasteiger partial charge in [-0.25, -0.2) is 0 Å². The Kier molecular flexibility index (Phi) is 3.29. The number of hydrogen-bond donors (Lipinski definition) is 1. The number of H-pyrrole nitrogens is 1. The van der Waals surface area contributed by atoms with Crippen LogP contribution in [-0.4, -0.2) is 4.98 Å². The van der Waals surface area contributed by atoms with Gasteiger partial charge < -0.3 is 4.98 Å². The molecular weight excluding hydrogens is 230 g/mol. The quantitative estimate of drug-likeness (QED) is 0.653. The summed E-state index contributed by atoms with van der Waals surface area (Å²) in [6.45, 7) is 4.47. The van der Waals surface area contributed by atoms with Gasteiger partial charge in [0, 0.05) is 21.8 Å². The third-order valence-corrected chi connectivity index (χ3v) is 3.80. The standard InChI is InChI=1S/C18H21N/c1-3-5-13-7-9-17-15(11-13)16-12-14(6-4-2)8-10-18(16)19-17/h7-12,19H,3-6H2,1-2H3. The van der Waals surface area contributed by atoms with Crippen LogP contribution in [0.25, 0.3) is 21.8 Å². The first kappa shape index (κ1) is 12.3. The molecule has 0 spiro atoms. The van der Waals surface area contributed by atoms with Crippen molar-refractivity contribution in [3.05, 3.63) is 47.5 Å². The molecular formula is C18H21N. The Labute approximate surface area is 114 Å². The van der Waals surface area contributed by atoms with Gasteiger partial charge in [-0.2, -0.15) is 0 Å². The summed E-state index contributed by atoms with van der Waals surface area (Å²) >= 11 is 0. The molecule has 1 aromatic heterocycles. The Morgan fingerprint density at radius 1 is 0.737 bits per heavy atom. The van der Waals surface area contributed by atoms with Crippen LogP contribution in [0, 0.1) is 0 Å². The minimum absolute atomic E-state index is 1.16. The average molecular weight is 251 g/mol. The molecule has 1 N–H and O–H groups in total. The molecule has 3 rings (SSSR count). The molecule has 0 atom stereocenters. The molecule has 0 aliphatic carbocycles. The first-order chi connectivity index (χ1) is 9.31. The predicted molar refractivity (Wildman–Crippen MR) is 83.8 cm³/mol. The van der Waals surface area contributed by atoms with Crippen molar-refractivity contribution in [3.8, 4) is 0 Å². The monoisotopic (exact) mass is 251 g/mol. The Morgan fingerprint density at radius 2 is 1.21 bits per heavy atom. The fourth-order valence-electron chi connectivity index (χ4n) is 2.88. The van der Waals surface area contributed by atoms with Gasteiger partial charge in [-0.3, -0.25) is 0 Å². The summed E-state index contributed by atoms with van der Waals surface area (Å²) in [5.74, 6) is 0. The second-order valence-electron chi connectivity index (χ2n) is 5.38. The van der Waals surface area contributed by atoms with Crippen molar-refractivity contribution >= 4 is 21.8 Å². The van der Waals surface area contributed by atoms with Crippen LogP contribution >= 0.6 is 0 Å². The Balaban J connectivity index is 2.19. The van der Waals surface area contributed by atoms with E-state index >= 15 is 0 Å². The molecule has 1 heterocycles. The maximum atomic E-state index is 3.52. The van der Waals surface area contributed by atoms with Crippen LogP contribution in [0.1, 0.15) is 37.8 Å². The number of benzene rings is 2. The van der Waals surface area contributed by atoms with Gasteiger partial charge in [-0.15, -0.1) is 0 Å². The maximum absolute atomic E-state index is 3.52. The fourth-order valence-corrected chi connectivity index (χ4v) is 2.88. The second kappa shape index (κ2) is 5.08. The molecule has 0 bridgehead atoms. The van der Waals surface area contributed by atoms with Gasteiger partial charge in [0.25, 0.3) is 0 Å². The highest BCUT2D eigenvalue weighted by molar-refractivity contribution is 6.07. The van der Waals surface area contributed by atoms with Crippen molar-refractivity contribution < 1.29 is 0 Å². The van der Waals surface area contributed by atoms with E-state index in [0.717, 1.165) is 12.8 Å². The molecule has 0 aliphatic heterocycles. The molecule has 2 aromatic carbocycles. The largest absolute Gasteiger partial charge is 0.355 e. The Morgan fingerprint density at radius 3 is 1.63 bits per heavy atom. The summed E-state index contributed by atoms with van der Waals surface area (Å²) in [6, 6.07) is 13.6. The molecule has 0 radical (unpaired) electrons. The number of nitrogens with one attached hydrogen (secondary N) is 1. The van der Waals surface area contributed by atoms with Crippen LogP contribution in [0.3, 0.4) is 0 Å². The summed E-state index contributed by atoms with van der Waals surface area (Å²) in [6.07, 6.45) is 4.73. The van der Waals surface area contributed by atoms with Gasteiger partial charge in [0.2, 0.25) is 0 Å². The molecule has 0 saturated heterocycles. The average Bonchev–Trinajstić information content (AvgIpc) is 2.77. The number of fused-ring (bicyclic) bond motifs is 3. The number of hydrogen-bond acceptors (Lipinski definition) is 0. The van der Waals surface area contributed by atoms with E-state index in [9.17, 15) is 0 Å². The van der Waals surface area contributed by atoms with Crippen LogP contribution in [0.15, 0.2) is 36.4 Å². The molecule has 98 valence electrons. The van der Waals surface area contributed by atoms with E-state index in [1.165, 1.54) is 45.8 Å². The molecule has 0 fully saturated rings. The molecule has 1 nitrogen and oxygen atoms in total. The van der Waals surface area contributed by atoms with E-state index in [-0.39, 0.29) is 0 Å². The van der Waals surface area contributed by atoms with Gasteiger partial charge in [0.05, 0.1) is 0 Å². The van der Waals surface area contributed by atoms with Gasteiger partial charge in [0.15, 0.2) is 0 Å². The normalized spacial score (nSPS) is 11.5. The third kappa shape index (κ3) is 2.25. The third-order valence-electron chi connectivity index (χ3n) is 3.80. The Hall–Kier alpha value is -1.76. The first-order valence-electron chi connectivity index (χ1n) is 7.35. The van der Waals surface area contributed by atoms with Crippen molar-refractivity contribution in [1.29, 1.82) is 0 Å². The summed E-state index contributed by atoms with van der Waals surface area (Å²) < 4.78 is 0. The summed E-state index contributed by atoms with van der Waals surface area (Å²) in [7, 11) is 0. The molecule has 0 aliphatic rings. The lowest BCUT2D eigenvalue weighted by molar-refractivity contribution is 0.923. The highest BCUT2D eigenvalue weighted by Crippen LogP contribution is 2.27. The van der Waals surface area contributed by atoms with Crippen molar-refractivity contribution in [2.24, 2.45) is 0 Å². The molecule has 3 aromatic rings.